The summed E-state index contributed by atoms with van der Waals surface area (Å²) in [6, 6.07) is 16.5. The topological polar surface area (TPSA) is 125 Å². The molecule has 0 unspecified atom stereocenters. The number of halogens is 1. The number of carbonyl (C=O) groups excluding carboxylic acids is 1. The van der Waals surface area contributed by atoms with Crippen LogP contribution in [-0.2, 0) is 26.6 Å². The van der Waals surface area contributed by atoms with Gasteiger partial charge in [0, 0.05) is 46.8 Å². The van der Waals surface area contributed by atoms with E-state index in [0.717, 1.165) is 29.1 Å². The molecule has 0 saturated carbocycles. The van der Waals surface area contributed by atoms with Gasteiger partial charge in [0.05, 0.1) is 11.4 Å². The minimum atomic E-state index is -3.66. The molecule has 2 heterocycles. The Morgan fingerprint density at radius 3 is 2.45 bits per heavy atom. The van der Waals surface area contributed by atoms with Crippen molar-refractivity contribution in [2.45, 2.75) is 54.3 Å². The molecule has 3 aromatic rings. The largest absolute Gasteiger partial charge is 0.382 e. The van der Waals surface area contributed by atoms with Crippen molar-refractivity contribution in [3.05, 3.63) is 76.1 Å². The van der Waals surface area contributed by atoms with Crippen LogP contribution in [0.2, 0.25) is 5.02 Å². The van der Waals surface area contributed by atoms with Gasteiger partial charge in [-0.25, -0.2) is 21.6 Å². The number of thiophene rings is 1. The highest BCUT2D eigenvalue weighted by Crippen LogP contribution is 2.28. The van der Waals surface area contributed by atoms with Gasteiger partial charge >= 0.3 is 0 Å². The number of carbonyl (C=O) groups is 1. The second kappa shape index (κ2) is 13.5. The number of hydrogen-bond acceptors (Lipinski definition) is 7. The van der Waals surface area contributed by atoms with Crippen LogP contribution in [0.5, 0.6) is 0 Å². The highest BCUT2D eigenvalue weighted by molar-refractivity contribution is 7.91. The molecule has 13 heteroatoms. The van der Waals surface area contributed by atoms with E-state index in [1.807, 2.05) is 13.0 Å². The second-order valence-electron chi connectivity index (χ2n) is 9.51. The van der Waals surface area contributed by atoms with Crippen molar-refractivity contribution in [1.29, 1.82) is 0 Å². The first kappa shape index (κ1) is 30.5. The Labute approximate surface area is 245 Å². The van der Waals surface area contributed by atoms with Crippen LogP contribution in [-0.4, -0.2) is 52.7 Å². The van der Waals surface area contributed by atoms with Gasteiger partial charge in [-0.05, 0) is 73.9 Å². The van der Waals surface area contributed by atoms with Crippen molar-refractivity contribution in [3.8, 4) is 0 Å². The number of nitrogens with zero attached hydrogens (tertiary/aromatic N) is 1. The van der Waals surface area contributed by atoms with Crippen LogP contribution >= 0.6 is 22.9 Å². The molecule has 1 aromatic heterocycles. The van der Waals surface area contributed by atoms with Gasteiger partial charge in [-0.2, -0.15) is 4.31 Å². The smallest absolute Gasteiger partial charge is 0.252 e. The van der Waals surface area contributed by atoms with E-state index in [2.05, 4.69) is 15.4 Å². The molecule has 9 nitrogen and oxygen atoms in total. The lowest BCUT2D eigenvalue weighted by Gasteiger charge is -2.31. The third-order valence-electron chi connectivity index (χ3n) is 6.55. The zero-order valence-corrected chi connectivity index (χ0v) is 25.3. The Bertz CT molecular complexity index is 1520. The molecule has 0 atom stereocenters. The maximum Gasteiger partial charge on any atom is 0.252 e. The van der Waals surface area contributed by atoms with E-state index in [1.165, 1.54) is 4.31 Å². The normalized spacial score (nSPS) is 15.2. The van der Waals surface area contributed by atoms with Gasteiger partial charge in [0.25, 0.3) is 15.9 Å². The van der Waals surface area contributed by atoms with Gasteiger partial charge in [0.15, 0.2) is 0 Å². The van der Waals surface area contributed by atoms with Gasteiger partial charge in [-0.15, -0.1) is 11.3 Å². The fourth-order valence-corrected chi connectivity index (χ4v) is 8.45. The van der Waals surface area contributed by atoms with Crippen LogP contribution in [0.1, 0.15) is 47.8 Å². The number of unbranched alkanes of at least 4 members (excludes halogenated alkanes) is 1. The van der Waals surface area contributed by atoms with Gasteiger partial charge in [0.1, 0.15) is 4.21 Å². The molecule has 0 spiro atoms. The van der Waals surface area contributed by atoms with E-state index in [-0.39, 0.29) is 27.6 Å². The van der Waals surface area contributed by atoms with E-state index >= 15 is 0 Å². The van der Waals surface area contributed by atoms with E-state index in [1.54, 1.807) is 54.6 Å². The molecule has 1 fully saturated rings. The number of nitrogens with one attached hydrogen (secondary N) is 3. The second-order valence-corrected chi connectivity index (χ2v) is 15.0. The summed E-state index contributed by atoms with van der Waals surface area (Å²) in [6.45, 7) is 3.30. The Kier molecular flexibility index (Phi) is 10.3. The molecule has 0 aliphatic carbocycles. The number of anilines is 1. The van der Waals surface area contributed by atoms with E-state index < -0.39 is 20.0 Å². The van der Waals surface area contributed by atoms with Crippen molar-refractivity contribution in [2.75, 3.05) is 25.0 Å². The molecular weight excluding hydrogens is 592 g/mol. The quantitative estimate of drug-likeness (QED) is 0.252. The van der Waals surface area contributed by atoms with Crippen molar-refractivity contribution < 1.29 is 21.6 Å². The van der Waals surface area contributed by atoms with Gasteiger partial charge in [-0.3, -0.25) is 4.79 Å². The first-order chi connectivity index (χ1) is 19.1. The van der Waals surface area contributed by atoms with E-state index in [4.69, 9.17) is 11.6 Å². The Morgan fingerprint density at radius 1 is 1.02 bits per heavy atom. The van der Waals surface area contributed by atoms with Crippen LogP contribution in [0.15, 0.2) is 69.8 Å². The summed E-state index contributed by atoms with van der Waals surface area (Å²) in [5, 5.41) is 6.71. The fourth-order valence-electron chi connectivity index (χ4n) is 4.29. The van der Waals surface area contributed by atoms with Crippen LogP contribution in [0.4, 0.5) is 5.69 Å². The molecular formula is C27H33ClN4O5S3. The molecule has 4 rings (SSSR count). The molecule has 2 aromatic carbocycles. The van der Waals surface area contributed by atoms with Crippen molar-refractivity contribution in [1.82, 2.24) is 14.3 Å². The average Bonchev–Trinajstić information content (AvgIpc) is 3.43. The van der Waals surface area contributed by atoms with Crippen LogP contribution < -0.4 is 15.4 Å². The minimum absolute atomic E-state index is 0.0134. The summed E-state index contributed by atoms with van der Waals surface area (Å²) in [4.78, 5) is 13.3. The zero-order chi connectivity index (χ0) is 28.8. The van der Waals surface area contributed by atoms with Gasteiger partial charge < -0.3 is 10.6 Å². The maximum absolute atomic E-state index is 13.3. The van der Waals surface area contributed by atoms with Gasteiger partial charge in [0.2, 0.25) is 10.0 Å². The number of amides is 1. The molecule has 40 heavy (non-hydrogen) atoms. The zero-order valence-electron chi connectivity index (χ0n) is 22.1. The predicted octanol–water partition coefficient (Wildman–Crippen LogP) is 4.68. The third kappa shape index (κ3) is 7.83. The first-order valence-corrected chi connectivity index (χ1v) is 17.2. The van der Waals surface area contributed by atoms with Crippen LogP contribution in [0.3, 0.4) is 0 Å². The maximum atomic E-state index is 13.3. The summed E-state index contributed by atoms with van der Waals surface area (Å²) in [6.07, 6.45) is 2.84. The highest BCUT2D eigenvalue weighted by atomic mass is 35.5. The summed E-state index contributed by atoms with van der Waals surface area (Å²) in [5.41, 5.74) is 1.16. The number of rotatable bonds is 12. The van der Waals surface area contributed by atoms with Crippen molar-refractivity contribution in [3.63, 3.8) is 0 Å². The summed E-state index contributed by atoms with van der Waals surface area (Å²) in [7, 11) is -7.24. The summed E-state index contributed by atoms with van der Waals surface area (Å²) < 4.78 is 56.0. The molecule has 1 saturated heterocycles. The Balaban J connectivity index is 1.30. The van der Waals surface area contributed by atoms with Crippen LogP contribution in [0.25, 0.3) is 0 Å². The standard InChI is InChI=1S/C27H33ClN4O5S3/c1-2-3-15-30-39(34,35)25-6-4-5-23(18-25)31-22-13-16-32(17-14-22)40(36,37)26-12-11-24(38-26)19-29-27(33)20-7-9-21(28)10-8-20/h4-12,18,22,30-31H,2-3,13-17,19H2,1H3,(H,29,33). The van der Waals surface area contributed by atoms with Crippen molar-refractivity contribution in [2.24, 2.45) is 0 Å². The van der Waals surface area contributed by atoms with Crippen molar-refractivity contribution >= 4 is 54.6 Å². The number of piperidine rings is 1. The minimum Gasteiger partial charge on any atom is -0.382 e. The average molecular weight is 625 g/mol. The van der Waals surface area contributed by atoms with E-state index in [0.29, 0.717) is 48.7 Å². The van der Waals surface area contributed by atoms with E-state index in [9.17, 15) is 21.6 Å². The lowest BCUT2D eigenvalue weighted by molar-refractivity contribution is 0.0951. The number of sulfonamides is 2. The fraction of sp³-hybridized carbons (Fsp3) is 0.370. The summed E-state index contributed by atoms with van der Waals surface area (Å²) >= 11 is 7.01. The lowest BCUT2D eigenvalue weighted by Crippen LogP contribution is -2.42. The molecule has 1 amide bonds. The highest BCUT2D eigenvalue weighted by Gasteiger charge is 2.30. The Hall–Kier alpha value is -2.48. The molecule has 0 bridgehead atoms. The molecule has 3 N–H and O–H groups in total. The molecule has 216 valence electrons. The SMILES string of the molecule is CCCCNS(=O)(=O)c1cccc(NC2CCN(S(=O)(=O)c3ccc(CNC(=O)c4ccc(Cl)cc4)s3)CC2)c1. The number of benzene rings is 2. The number of hydrogen-bond donors (Lipinski definition) is 3. The van der Waals surface area contributed by atoms with Gasteiger partial charge in [-0.1, -0.05) is 31.0 Å². The monoisotopic (exact) mass is 624 g/mol. The first-order valence-electron chi connectivity index (χ1n) is 13.1. The molecule has 1 aliphatic rings. The lowest BCUT2D eigenvalue weighted by atomic mass is 10.1. The summed E-state index contributed by atoms with van der Waals surface area (Å²) in [5.74, 6) is -0.264. The predicted molar refractivity (Wildman–Crippen MR) is 159 cm³/mol. The van der Waals surface area contributed by atoms with Crippen LogP contribution in [0, 0.1) is 0 Å². The Morgan fingerprint density at radius 2 is 1.75 bits per heavy atom. The molecule has 1 aliphatic heterocycles. The molecule has 0 radical (unpaired) electrons. The third-order valence-corrected chi connectivity index (χ3v) is 11.7.